The second-order valence-electron chi connectivity index (χ2n) is 9.62. The number of halogens is 2. The third kappa shape index (κ3) is 9.73. The number of carbonyl (C=O) groups excluding carboxylic acids is 2. The summed E-state index contributed by atoms with van der Waals surface area (Å²) in [4.78, 5) is 27.7. The summed E-state index contributed by atoms with van der Waals surface area (Å²) in [5.74, 6) is 0. The molecule has 2 amide bonds. The Morgan fingerprint density at radius 1 is 0.718 bits per heavy atom. The molecule has 4 atom stereocenters. The highest BCUT2D eigenvalue weighted by Gasteiger charge is 2.34. The maximum Gasteiger partial charge on any atom is 0.410 e. The highest BCUT2D eigenvalue weighted by molar-refractivity contribution is 14.1. The smallest absolute Gasteiger partial charge is 0.410 e. The summed E-state index contributed by atoms with van der Waals surface area (Å²) < 4.78 is 24.1. The molecule has 4 unspecified atom stereocenters. The van der Waals surface area contributed by atoms with Gasteiger partial charge in [-0.25, -0.2) is 9.59 Å². The van der Waals surface area contributed by atoms with E-state index in [9.17, 15) is 9.59 Å². The maximum atomic E-state index is 12.1. The van der Waals surface area contributed by atoms with Crippen LogP contribution in [0.2, 0.25) is 0 Å². The second kappa shape index (κ2) is 15.9. The van der Waals surface area contributed by atoms with Gasteiger partial charge in [0.15, 0.2) is 0 Å². The van der Waals surface area contributed by atoms with E-state index in [1.807, 2.05) is 60.7 Å². The van der Waals surface area contributed by atoms with Crippen LogP contribution >= 0.6 is 45.2 Å². The fourth-order valence-corrected chi connectivity index (χ4v) is 5.54. The zero-order valence-electron chi connectivity index (χ0n) is 21.8. The van der Waals surface area contributed by atoms with Gasteiger partial charge in [0.2, 0.25) is 0 Å². The van der Waals surface area contributed by atoms with Crippen LogP contribution in [-0.2, 0) is 32.2 Å². The van der Waals surface area contributed by atoms with Crippen molar-refractivity contribution in [1.29, 1.82) is 0 Å². The van der Waals surface area contributed by atoms with Gasteiger partial charge in [-0.1, -0.05) is 106 Å². The number of amides is 2. The van der Waals surface area contributed by atoms with E-state index in [0.29, 0.717) is 39.4 Å². The second-order valence-corrected chi connectivity index (χ2v) is 11.4. The normalized spacial score (nSPS) is 24.3. The average Bonchev–Trinajstić information content (AvgIpc) is 2.99. The molecular weight excluding hydrogens is 728 g/mol. The number of benzene rings is 2. The van der Waals surface area contributed by atoms with Crippen molar-refractivity contribution < 1.29 is 28.5 Å². The van der Waals surface area contributed by atoms with Crippen molar-refractivity contribution in [3.05, 3.63) is 71.8 Å². The monoisotopic (exact) mass is 763 g/mol. The van der Waals surface area contributed by atoms with Crippen LogP contribution in [-0.4, -0.2) is 94.5 Å². The molecule has 9 nitrogen and oxygen atoms in total. The van der Waals surface area contributed by atoms with E-state index in [0.717, 1.165) is 33.1 Å². The zero-order valence-corrected chi connectivity index (χ0v) is 26.1. The van der Waals surface area contributed by atoms with E-state index >= 15 is 0 Å². The molecule has 2 bridgehead atoms. The molecule has 3 fully saturated rings. The minimum absolute atomic E-state index is 0.0942. The van der Waals surface area contributed by atoms with Crippen LogP contribution in [0, 0.1) is 0 Å². The molecule has 3 saturated heterocycles. The number of nitrogens with zero attached hydrogens (tertiary/aromatic N) is 2. The molecule has 0 aromatic heterocycles. The number of carbonyl (C=O) groups is 2. The quantitative estimate of drug-likeness (QED) is 0.348. The van der Waals surface area contributed by atoms with Crippen molar-refractivity contribution in [2.75, 3.05) is 48.1 Å². The fourth-order valence-electron chi connectivity index (χ4n) is 4.57. The number of alkyl halides is 2. The van der Waals surface area contributed by atoms with Crippen molar-refractivity contribution in [2.24, 2.45) is 0 Å². The van der Waals surface area contributed by atoms with Crippen LogP contribution in [0.5, 0.6) is 0 Å². The van der Waals surface area contributed by atoms with E-state index in [-0.39, 0.29) is 36.6 Å². The minimum Gasteiger partial charge on any atom is -0.445 e. The van der Waals surface area contributed by atoms with Crippen molar-refractivity contribution in [1.82, 2.24) is 15.1 Å². The highest BCUT2D eigenvalue weighted by atomic mass is 127. The van der Waals surface area contributed by atoms with Gasteiger partial charge >= 0.3 is 12.2 Å². The van der Waals surface area contributed by atoms with E-state index in [4.69, 9.17) is 18.9 Å². The summed E-state index contributed by atoms with van der Waals surface area (Å²) in [6.45, 7) is 4.70. The number of morpholine rings is 3. The molecule has 0 radical (unpaired) electrons. The molecule has 39 heavy (non-hydrogen) atoms. The van der Waals surface area contributed by atoms with Gasteiger partial charge in [0, 0.05) is 21.9 Å². The Balaban J connectivity index is 0.000000181. The van der Waals surface area contributed by atoms with E-state index in [1.54, 1.807) is 9.80 Å². The Morgan fingerprint density at radius 3 is 1.59 bits per heavy atom. The van der Waals surface area contributed by atoms with Crippen LogP contribution in [0.15, 0.2) is 60.7 Å². The summed E-state index contributed by atoms with van der Waals surface area (Å²) in [5, 5.41) is 3.30. The van der Waals surface area contributed by atoms with Crippen molar-refractivity contribution >= 4 is 57.4 Å². The van der Waals surface area contributed by atoms with Gasteiger partial charge in [-0.15, -0.1) is 0 Å². The molecule has 0 spiro atoms. The lowest BCUT2D eigenvalue weighted by Crippen LogP contribution is -2.59. The molecule has 1 N–H and O–H groups in total. The molecule has 0 aliphatic carbocycles. The minimum atomic E-state index is -0.248. The van der Waals surface area contributed by atoms with Gasteiger partial charge in [0.05, 0.1) is 50.6 Å². The number of nitrogens with one attached hydrogen (secondary N) is 1. The Bertz CT molecular complexity index is 1010. The topological polar surface area (TPSA) is 89.6 Å². The molecular formula is C28H35I2N3O6. The van der Waals surface area contributed by atoms with Crippen LogP contribution in [0.4, 0.5) is 9.59 Å². The molecule has 2 aromatic carbocycles. The Hall–Kier alpha value is -1.68. The largest absolute Gasteiger partial charge is 0.445 e. The Labute approximate surface area is 257 Å². The first-order chi connectivity index (χ1) is 19.0. The zero-order chi connectivity index (χ0) is 27.5. The first-order valence-electron chi connectivity index (χ1n) is 13.1. The number of hydrogen-bond acceptors (Lipinski definition) is 7. The number of rotatable bonds is 6. The predicted octanol–water partition coefficient (Wildman–Crippen LogP) is 4.26. The third-order valence-corrected chi connectivity index (χ3v) is 8.45. The molecule has 0 saturated carbocycles. The molecule has 3 aliphatic rings. The van der Waals surface area contributed by atoms with Crippen LogP contribution in [0.3, 0.4) is 0 Å². The molecule has 3 heterocycles. The predicted molar refractivity (Wildman–Crippen MR) is 164 cm³/mol. The maximum absolute atomic E-state index is 12.1. The summed E-state index contributed by atoms with van der Waals surface area (Å²) in [6, 6.07) is 19.5. The average molecular weight is 763 g/mol. The van der Waals surface area contributed by atoms with Gasteiger partial charge in [-0.2, -0.15) is 0 Å². The van der Waals surface area contributed by atoms with Gasteiger partial charge in [0.25, 0.3) is 0 Å². The highest BCUT2D eigenvalue weighted by Crippen LogP contribution is 2.17. The molecule has 2 aromatic rings. The molecule has 5 rings (SSSR count). The lowest BCUT2D eigenvalue weighted by Gasteiger charge is -2.41. The van der Waals surface area contributed by atoms with Gasteiger partial charge in [-0.05, 0) is 11.1 Å². The lowest BCUT2D eigenvalue weighted by atomic mass is 10.1. The van der Waals surface area contributed by atoms with Crippen molar-refractivity contribution in [3.63, 3.8) is 0 Å². The Morgan fingerprint density at radius 2 is 1.15 bits per heavy atom. The number of hydrogen-bond donors (Lipinski definition) is 1. The first-order valence-corrected chi connectivity index (χ1v) is 16.1. The summed E-state index contributed by atoms with van der Waals surface area (Å²) in [6.07, 6.45) is -0.0961. The van der Waals surface area contributed by atoms with Gasteiger partial charge in [-0.3, -0.25) is 0 Å². The summed E-state index contributed by atoms with van der Waals surface area (Å²) >= 11 is 4.58. The van der Waals surface area contributed by atoms with Crippen LogP contribution < -0.4 is 5.32 Å². The number of ether oxygens (including phenoxy) is 4. The van der Waals surface area contributed by atoms with E-state index in [2.05, 4.69) is 50.5 Å². The SMILES string of the molecule is O=C(OCc1ccccc1)N1CC(CI)OC(CI)C1.O=C(OCc1ccccc1)N1CC2CNCC(C1)O2. The standard InChI is InChI=1S/C14H17I2NO3.C14H18N2O3/c15-6-12-8-17(9-13(7-16)20-12)14(18)19-10-11-4-2-1-3-5-11;17-14(18-10-11-4-2-1-3-5-11)16-8-12-6-15-7-13(9-16)19-12/h1-5,12-13H,6-10H2;1-5,12-13,15H,6-10H2. The molecule has 212 valence electrons. The lowest BCUT2D eigenvalue weighted by molar-refractivity contribution is -0.0977. The van der Waals surface area contributed by atoms with E-state index in [1.165, 1.54) is 0 Å². The summed E-state index contributed by atoms with van der Waals surface area (Å²) in [7, 11) is 0. The van der Waals surface area contributed by atoms with Gasteiger partial charge in [0.1, 0.15) is 13.2 Å². The number of fused-ring (bicyclic) bond motifs is 2. The van der Waals surface area contributed by atoms with Gasteiger partial charge < -0.3 is 34.1 Å². The molecule has 11 heteroatoms. The Kier molecular flexibility index (Phi) is 12.4. The van der Waals surface area contributed by atoms with Crippen molar-refractivity contribution in [3.8, 4) is 0 Å². The van der Waals surface area contributed by atoms with Crippen molar-refractivity contribution in [2.45, 2.75) is 37.6 Å². The van der Waals surface area contributed by atoms with Crippen LogP contribution in [0.25, 0.3) is 0 Å². The fraction of sp³-hybridized carbons (Fsp3) is 0.500. The van der Waals surface area contributed by atoms with E-state index < -0.39 is 0 Å². The third-order valence-electron chi connectivity index (χ3n) is 6.48. The molecule has 3 aliphatic heterocycles. The summed E-state index contributed by atoms with van der Waals surface area (Å²) in [5.41, 5.74) is 2.01. The van der Waals surface area contributed by atoms with Crippen LogP contribution in [0.1, 0.15) is 11.1 Å². The first kappa shape index (κ1) is 30.3.